The van der Waals surface area contributed by atoms with Crippen LogP contribution < -0.4 is 4.74 Å². The van der Waals surface area contributed by atoms with Gasteiger partial charge in [-0.15, -0.1) is 0 Å². The molecule has 0 radical (unpaired) electrons. The van der Waals surface area contributed by atoms with Crippen molar-refractivity contribution in [1.29, 1.82) is 0 Å². The number of methoxy groups -OCH3 is 1. The molecular weight excluding hydrogens is 247 g/mol. The van der Waals surface area contributed by atoms with Crippen LogP contribution in [0.15, 0.2) is 18.2 Å². The van der Waals surface area contributed by atoms with E-state index in [9.17, 15) is 9.18 Å². The molecule has 0 saturated carbocycles. The number of halogens is 2. The van der Waals surface area contributed by atoms with Gasteiger partial charge in [-0.2, -0.15) is 0 Å². The van der Waals surface area contributed by atoms with Gasteiger partial charge in [-0.3, -0.25) is 0 Å². The molecule has 1 unspecified atom stereocenters. The van der Waals surface area contributed by atoms with Crippen LogP contribution in [0.1, 0.15) is 25.6 Å². The maximum absolute atomic E-state index is 13.5. The zero-order valence-corrected chi connectivity index (χ0v) is 10.6. The number of carbonyl (C=O) groups is 1. The second-order valence-electron chi connectivity index (χ2n) is 3.74. The van der Waals surface area contributed by atoms with Gasteiger partial charge in [0.1, 0.15) is 5.75 Å². The molecule has 0 aliphatic heterocycles. The summed E-state index contributed by atoms with van der Waals surface area (Å²) in [6.45, 7) is 3.72. The summed E-state index contributed by atoms with van der Waals surface area (Å²) in [5.41, 5.74) is 0.151. The van der Waals surface area contributed by atoms with E-state index in [0.29, 0.717) is 5.75 Å². The fourth-order valence-corrected chi connectivity index (χ4v) is 1.50. The Labute approximate surface area is 104 Å². The van der Waals surface area contributed by atoms with E-state index in [1.807, 2.05) is 13.8 Å². The lowest BCUT2D eigenvalue weighted by Crippen LogP contribution is -2.10. The van der Waals surface area contributed by atoms with Gasteiger partial charge in [-0.25, -0.2) is 9.18 Å². The van der Waals surface area contributed by atoms with Crippen molar-refractivity contribution in [2.45, 2.75) is 26.1 Å². The third-order valence-electron chi connectivity index (χ3n) is 2.02. The maximum Gasteiger partial charge on any atom is 0.345 e. The molecule has 1 atom stereocenters. The zero-order valence-electron chi connectivity index (χ0n) is 9.87. The molecule has 3 nitrogen and oxygen atoms in total. The first-order chi connectivity index (χ1) is 7.95. The number of carbonyl (C=O) groups excluding carboxylic acids is 1. The number of hydrogen-bond acceptors (Lipinski definition) is 3. The molecule has 0 heterocycles. The topological polar surface area (TPSA) is 35.5 Å². The Morgan fingerprint density at radius 1 is 1.41 bits per heavy atom. The van der Waals surface area contributed by atoms with E-state index in [4.69, 9.17) is 16.3 Å². The predicted molar refractivity (Wildman–Crippen MR) is 63.1 cm³/mol. The third-order valence-corrected chi connectivity index (χ3v) is 2.31. The van der Waals surface area contributed by atoms with Gasteiger partial charge in [-0.1, -0.05) is 17.7 Å². The molecule has 1 rings (SSSR count). The van der Waals surface area contributed by atoms with E-state index in [0.717, 1.165) is 7.11 Å². The summed E-state index contributed by atoms with van der Waals surface area (Å²) >= 11 is 5.92. The standard InChI is InChI=1S/C12H14ClFO3/c1-7(2)17-10-5-4-8(6-9(10)13)11(14)12(15)16-3/h4-7,11H,1-3H3. The summed E-state index contributed by atoms with van der Waals surface area (Å²) in [6.07, 6.45) is -1.86. The van der Waals surface area contributed by atoms with Crippen molar-refractivity contribution in [2.75, 3.05) is 7.11 Å². The van der Waals surface area contributed by atoms with Crippen molar-refractivity contribution in [3.63, 3.8) is 0 Å². The van der Waals surface area contributed by atoms with Gasteiger partial charge in [0.25, 0.3) is 0 Å². The monoisotopic (exact) mass is 260 g/mol. The van der Waals surface area contributed by atoms with E-state index in [1.165, 1.54) is 18.2 Å². The number of alkyl halides is 1. The zero-order chi connectivity index (χ0) is 13.0. The Bertz CT molecular complexity index is 407. The highest BCUT2D eigenvalue weighted by Gasteiger charge is 2.21. The van der Waals surface area contributed by atoms with Crippen LogP contribution in [0.3, 0.4) is 0 Å². The van der Waals surface area contributed by atoms with Crippen LogP contribution >= 0.6 is 11.6 Å². The quantitative estimate of drug-likeness (QED) is 0.779. The Kier molecular flexibility index (Phi) is 4.75. The van der Waals surface area contributed by atoms with E-state index in [1.54, 1.807) is 0 Å². The molecule has 1 aromatic carbocycles. The normalized spacial score (nSPS) is 12.4. The Hall–Kier alpha value is -1.29. The lowest BCUT2D eigenvalue weighted by atomic mass is 10.1. The molecule has 5 heteroatoms. The summed E-state index contributed by atoms with van der Waals surface area (Å²) in [6, 6.07) is 4.35. The van der Waals surface area contributed by atoms with Crippen LogP contribution in [-0.4, -0.2) is 19.2 Å². The minimum absolute atomic E-state index is 0.0277. The van der Waals surface area contributed by atoms with Crippen molar-refractivity contribution in [3.05, 3.63) is 28.8 Å². The molecule has 17 heavy (non-hydrogen) atoms. The van der Waals surface area contributed by atoms with Crippen LogP contribution in [0.2, 0.25) is 5.02 Å². The fourth-order valence-electron chi connectivity index (χ4n) is 1.26. The molecule has 94 valence electrons. The molecule has 0 bridgehead atoms. The Morgan fingerprint density at radius 3 is 2.53 bits per heavy atom. The van der Waals surface area contributed by atoms with Gasteiger partial charge in [0.05, 0.1) is 18.2 Å². The highest BCUT2D eigenvalue weighted by molar-refractivity contribution is 6.32. The summed E-state index contributed by atoms with van der Waals surface area (Å²) in [5.74, 6) is -0.485. The van der Waals surface area contributed by atoms with Crippen molar-refractivity contribution in [2.24, 2.45) is 0 Å². The molecule has 0 saturated heterocycles. The van der Waals surface area contributed by atoms with Gasteiger partial charge in [-0.05, 0) is 31.5 Å². The van der Waals surface area contributed by atoms with Gasteiger partial charge in [0.2, 0.25) is 6.17 Å². The van der Waals surface area contributed by atoms with E-state index in [-0.39, 0.29) is 16.7 Å². The van der Waals surface area contributed by atoms with Gasteiger partial charge in [0, 0.05) is 0 Å². The second-order valence-corrected chi connectivity index (χ2v) is 4.15. The first kappa shape index (κ1) is 13.8. The summed E-state index contributed by atoms with van der Waals surface area (Å²) in [4.78, 5) is 11.0. The second kappa shape index (κ2) is 5.87. The van der Waals surface area contributed by atoms with Gasteiger partial charge in [0.15, 0.2) is 0 Å². The number of ether oxygens (including phenoxy) is 2. The molecule has 0 fully saturated rings. The molecule has 0 aromatic heterocycles. The summed E-state index contributed by atoms with van der Waals surface area (Å²) < 4.78 is 23.2. The minimum Gasteiger partial charge on any atom is -0.489 e. The largest absolute Gasteiger partial charge is 0.489 e. The fraction of sp³-hybridized carbons (Fsp3) is 0.417. The minimum atomic E-state index is -1.83. The Balaban J connectivity index is 2.92. The average Bonchev–Trinajstić information content (AvgIpc) is 2.29. The SMILES string of the molecule is COC(=O)C(F)c1ccc(OC(C)C)c(Cl)c1. The molecule has 0 amide bonds. The molecule has 1 aromatic rings. The van der Waals surface area contributed by atoms with Crippen molar-refractivity contribution in [3.8, 4) is 5.75 Å². The third kappa shape index (κ3) is 3.60. The number of esters is 1. The van der Waals surface area contributed by atoms with Crippen LogP contribution in [0.4, 0.5) is 4.39 Å². The van der Waals surface area contributed by atoms with Crippen LogP contribution in [0.5, 0.6) is 5.75 Å². The van der Waals surface area contributed by atoms with E-state index in [2.05, 4.69) is 4.74 Å². The van der Waals surface area contributed by atoms with Crippen molar-refractivity contribution in [1.82, 2.24) is 0 Å². The highest BCUT2D eigenvalue weighted by Crippen LogP contribution is 2.30. The van der Waals surface area contributed by atoms with Crippen molar-refractivity contribution < 1.29 is 18.7 Å². The van der Waals surface area contributed by atoms with Crippen molar-refractivity contribution >= 4 is 17.6 Å². The number of benzene rings is 1. The lowest BCUT2D eigenvalue weighted by molar-refractivity contribution is -0.146. The predicted octanol–water partition coefficient (Wildman–Crippen LogP) is 3.31. The average molecular weight is 261 g/mol. The molecule has 0 aliphatic rings. The summed E-state index contributed by atoms with van der Waals surface area (Å²) in [5, 5.41) is 0.266. The van der Waals surface area contributed by atoms with E-state index < -0.39 is 12.1 Å². The first-order valence-corrected chi connectivity index (χ1v) is 5.51. The molecule has 0 aliphatic carbocycles. The van der Waals surface area contributed by atoms with Gasteiger partial charge < -0.3 is 9.47 Å². The smallest absolute Gasteiger partial charge is 0.345 e. The van der Waals surface area contributed by atoms with Crippen LogP contribution in [0, 0.1) is 0 Å². The highest BCUT2D eigenvalue weighted by atomic mass is 35.5. The molecule has 0 spiro atoms. The molecular formula is C12H14ClFO3. The lowest BCUT2D eigenvalue weighted by Gasteiger charge is -2.13. The Morgan fingerprint density at radius 2 is 2.06 bits per heavy atom. The summed E-state index contributed by atoms with van der Waals surface area (Å²) in [7, 11) is 1.13. The number of hydrogen-bond donors (Lipinski definition) is 0. The number of rotatable bonds is 4. The van der Waals surface area contributed by atoms with Crippen LogP contribution in [0.25, 0.3) is 0 Å². The first-order valence-electron chi connectivity index (χ1n) is 5.13. The van der Waals surface area contributed by atoms with Gasteiger partial charge >= 0.3 is 5.97 Å². The van der Waals surface area contributed by atoms with Crippen LogP contribution in [-0.2, 0) is 9.53 Å². The maximum atomic E-state index is 13.5. The molecule has 0 N–H and O–H groups in total. The van der Waals surface area contributed by atoms with E-state index >= 15 is 0 Å².